The minimum absolute atomic E-state index is 0.0587. The molecule has 0 unspecified atom stereocenters. The summed E-state index contributed by atoms with van der Waals surface area (Å²) in [4.78, 5) is 9.84. The summed E-state index contributed by atoms with van der Waals surface area (Å²) in [7, 11) is 0. The molecular weight excluding hydrogens is 288 g/mol. The van der Waals surface area contributed by atoms with Crippen LogP contribution in [0.2, 0.25) is 0 Å². The van der Waals surface area contributed by atoms with Crippen molar-refractivity contribution in [2.45, 2.75) is 6.61 Å². The van der Waals surface area contributed by atoms with E-state index < -0.39 is 6.16 Å². The molecule has 0 radical (unpaired) electrons. The van der Waals surface area contributed by atoms with Gasteiger partial charge in [-0.2, -0.15) is 0 Å². The smallest absolute Gasteiger partial charge is 0.252 e. The van der Waals surface area contributed by atoms with Crippen LogP contribution >= 0.6 is 0 Å². The van der Waals surface area contributed by atoms with E-state index in [2.05, 4.69) is 53.3 Å². The van der Waals surface area contributed by atoms with Crippen molar-refractivity contribution in [1.82, 2.24) is 0 Å². The van der Waals surface area contributed by atoms with Gasteiger partial charge in [0.05, 0.1) is 6.61 Å². The fourth-order valence-corrected chi connectivity index (χ4v) is 1.98. The maximum atomic E-state index is 9.84. The van der Waals surface area contributed by atoms with Crippen LogP contribution < -0.4 is 5.11 Å². The van der Waals surface area contributed by atoms with Crippen molar-refractivity contribution < 1.29 is 14.6 Å². The molecule has 0 aliphatic rings. The van der Waals surface area contributed by atoms with Gasteiger partial charge in [0.25, 0.3) is 6.16 Å². The zero-order valence-electron chi connectivity index (χ0n) is 12.6. The molecule has 0 heterocycles. The highest BCUT2D eigenvalue weighted by Crippen LogP contribution is 2.17. The van der Waals surface area contributed by atoms with Gasteiger partial charge in [0.15, 0.2) is 0 Å². The molecule has 0 spiro atoms. The molecule has 0 aromatic heterocycles. The lowest BCUT2D eigenvalue weighted by atomic mass is 10.1. The lowest BCUT2D eigenvalue weighted by Crippen LogP contribution is -2.23. The third-order valence-electron chi connectivity index (χ3n) is 3.08. The van der Waals surface area contributed by atoms with Crippen molar-refractivity contribution in [3.63, 3.8) is 0 Å². The summed E-state index contributed by atoms with van der Waals surface area (Å²) in [6.45, 7) is 0.0587. The van der Waals surface area contributed by atoms with E-state index in [0.717, 1.165) is 5.56 Å². The summed E-state index contributed by atoms with van der Waals surface area (Å²) >= 11 is 0. The molecule has 0 aliphatic carbocycles. The molecule has 0 atom stereocenters. The molecule has 3 heteroatoms. The van der Waals surface area contributed by atoms with Gasteiger partial charge < -0.3 is 14.6 Å². The van der Waals surface area contributed by atoms with E-state index in [1.807, 2.05) is 30.3 Å². The molecule has 0 fully saturated rings. The second-order valence-electron chi connectivity index (χ2n) is 4.76. The Labute approximate surface area is 135 Å². The normalized spacial score (nSPS) is 9.39. The zero-order chi connectivity index (χ0) is 16.3. The minimum atomic E-state index is -1.49. The molecule has 0 aliphatic heterocycles. The summed E-state index contributed by atoms with van der Waals surface area (Å²) < 4.78 is 4.23. The first-order chi connectivity index (χ1) is 11.3. The molecule has 3 aromatic carbocycles. The Kier molecular flexibility index (Phi) is 6.42. The van der Waals surface area contributed by atoms with E-state index in [1.165, 1.54) is 11.1 Å². The van der Waals surface area contributed by atoms with Crippen molar-refractivity contribution in [3.8, 4) is 11.1 Å². The number of rotatable bonds is 3. The lowest BCUT2D eigenvalue weighted by molar-refractivity contribution is -0.284. The third kappa shape index (κ3) is 6.06. The average Bonchev–Trinajstić information content (AvgIpc) is 2.63. The number of carboxylic acid groups (broad SMARTS) is 1. The van der Waals surface area contributed by atoms with Crippen LogP contribution in [-0.2, 0) is 11.3 Å². The summed E-state index contributed by atoms with van der Waals surface area (Å²) in [5.74, 6) is 0. The number of ether oxygens (including phenoxy) is 1. The van der Waals surface area contributed by atoms with Crippen molar-refractivity contribution >= 4 is 6.16 Å². The van der Waals surface area contributed by atoms with E-state index in [0.29, 0.717) is 0 Å². The summed E-state index contributed by atoms with van der Waals surface area (Å²) in [6, 6.07) is 29.8. The summed E-state index contributed by atoms with van der Waals surface area (Å²) in [6.07, 6.45) is -1.49. The molecule has 0 bridgehead atoms. The number of carbonyl (C=O) groups excluding carboxylic acids is 1. The summed E-state index contributed by atoms with van der Waals surface area (Å²) in [5, 5.41) is 9.84. The first-order valence-electron chi connectivity index (χ1n) is 7.24. The summed E-state index contributed by atoms with van der Waals surface area (Å²) in [5.41, 5.74) is 3.37. The highest BCUT2D eigenvalue weighted by atomic mass is 16.7. The molecule has 23 heavy (non-hydrogen) atoms. The first kappa shape index (κ1) is 16.3. The van der Waals surface area contributed by atoms with E-state index in [4.69, 9.17) is 0 Å². The van der Waals surface area contributed by atoms with Crippen LogP contribution in [0.3, 0.4) is 0 Å². The van der Waals surface area contributed by atoms with Gasteiger partial charge in [0, 0.05) is 0 Å². The number of hydrogen-bond acceptors (Lipinski definition) is 3. The van der Waals surface area contributed by atoms with Gasteiger partial charge in [0.1, 0.15) is 0 Å². The molecule has 3 aromatic rings. The van der Waals surface area contributed by atoms with Gasteiger partial charge in [-0.3, -0.25) is 0 Å². The molecule has 3 rings (SSSR count). The third-order valence-corrected chi connectivity index (χ3v) is 3.08. The van der Waals surface area contributed by atoms with Crippen molar-refractivity contribution in [2.24, 2.45) is 0 Å². The Bertz CT molecular complexity index is 657. The van der Waals surface area contributed by atoms with Crippen LogP contribution in [0, 0.1) is 0 Å². The maximum Gasteiger partial charge on any atom is 0.252 e. The fraction of sp³-hybridized carbons (Fsp3) is 0.0500. The van der Waals surface area contributed by atoms with Crippen LogP contribution in [0.1, 0.15) is 5.56 Å². The number of carbonyl (C=O) groups is 1. The standard InChI is InChI=1S/C12H10.C8H8O3/c1-3-7-11(8-4-1)12-9-5-2-6-10-12;9-8(10)11-6-7-4-2-1-3-5-7/h1-10H;1-5H,6H2,(H,9,10)/p-1. The van der Waals surface area contributed by atoms with Crippen LogP contribution in [0.4, 0.5) is 4.79 Å². The van der Waals surface area contributed by atoms with Crippen molar-refractivity contribution in [1.29, 1.82) is 0 Å². The highest BCUT2D eigenvalue weighted by molar-refractivity contribution is 5.62. The molecule has 0 N–H and O–H groups in total. The van der Waals surface area contributed by atoms with Crippen molar-refractivity contribution in [3.05, 3.63) is 96.6 Å². The average molecular weight is 305 g/mol. The Morgan fingerprint density at radius 2 is 1.09 bits per heavy atom. The number of hydrogen-bond donors (Lipinski definition) is 0. The highest BCUT2D eigenvalue weighted by Gasteiger charge is 1.91. The second kappa shape index (κ2) is 9.05. The van der Waals surface area contributed by atoms with E-state index in [-0.39, 0.29) is 6.61 Å². The van der Waals surface area contributed by atoms with Gasteiger partial charge in [-0.25, -0.2) is 0 Å². The van der Waals surface area contributed by atoms with Crippen molar-refractivity contribution in [2.75, 3.05) is 0 Å². The SMILES string of the molecule is O=C([O-])OCc1ccccc1.c1ccc(-c2ccccc2)cc1. The molecule has 0 amide bonds. The topological polar surface area (TPSA) is 49.4 Å². The Morgan fingerprint density at radius 3 is 1.48 bits per heavy atom. The van der Waals surface area contributed by atoms with Gasteiger partial charge >= 0.3 is 0 Å². The quantitative estimate of drug-likeness (QED) is 0.690. The minimum Gasteiger partial charge on any atom is -0.545 e. The van der Waals surface area contributed by atoms with E-state index in [1.54, 1.807) is 12.1 Å². The van der Waals surface area contributed by atoms with Gasteiger partial charge in [-0.15, -0.1) is 0 Å². The Hall–Kier alpha value is -3.07. The monoisotopic (exact) mass is 305 g/mol. The van der Waals surface area contributed by atoms with Gasteiger partial charge in [-0.05, 0) is 16.7 Å². The largest absolute Gasteiger partial charge is 0.545 e. The van der Waals surface area contributed by atoms with E-state index in [9.17, 15) is 9.90 Å². The molecular formula is C20H17O3-. The van der Waals surface area contributed by atoms with E-state index >= 15 is 0 Å². The Morgan fingerprint density at radius 1 is 0.696 bits per heavy atom. The van der Waals surface area contributed by atoms with Gasteiger partial charge in [-0.1, -0.05) is 91.0 Å². The maximum absolute atomic E-state index is 9.84. The van der Waals surface area contributed by atoms with Crippen LogP contribution in [0.25, 0.3) is 11.1 Å². The lowest BCUT2D eigenvalue weighted by Gasteiger charge is -2.06. The second-order valence-corrected chi connectivity index (χ2v) is 4.76. The van der Waals surface area contributed by atoms with Gasteiger partial charge in [0.2, 0.25) is 0 Å². The zero-order valence-corrected chi connectivity index (χ0v) is 12.6. The predicted octanol–water partition coefficient (Wildman–Crippen LogP) is 3.90. The predicted molar refractivity (Wildman–Crippen MR) is 88.5 cm³/mol. The molecule has 0 saturated heterocycles. The Balaban J connectivity index is 0.000000168. The molecule has 116 valence electrons. The van der Waals surface area contributed by atoms with Crippen LogP contribution in [0.5, 0.6) is 0 Å². The number of benzene rings is 3. The van der Waals surface area contributed by atoms with Crippen LogP contribution in [0.15, 0.2) is 91.0 Å². The molecule has 0 saturated carbocycles. The first-order valence-corrected chi connectivity index (χ1v) is 7.24. The van der Waals surface area contributed by atoms with Crippen LogP contribution in [-0.4, -0.2) is 6.16 Å². The fourth-order valence-electron chi connectivity index (χ4n) is 1.98. The molecule has 3 nitrogen and oxygen atoms in total.